The molecular formula is C30H42FN5O4S. The predicted molar refractivity (Wildman–Crippen MR) is 157 cm³/mol. The van der Waals surface area contributed by atoms with Crippen molar-refractivity contribution in [2.45, 2.75) is 90.2 Å². The number of carbonyl (C=O) groups excluding carboxylic acids is 3. The second-order valence-corrected chi connectivity index (χ2v) is 13.1. The van der Waals surface area contributed by atoms with E-state index in [4.69, 9.17) is 0 Å². The van der Waals surface area contributed by atoms with Crippen molar-refractivity contribution in [3.63, 3.8) is 0 Å². The minimum absolute atomic E-state index is 0.0399. The molecule has 0 radical (unpaired) electrons. The van der Waals surface area contributed by atoms with Crippen LogP contribution in [0, 0.1) is 12.3 Å². The molecule has 1 aliphatic heterocycles. The lowest BCUT2D eigenvalue weighted by Crippen LogP contribution is -2.59. The molecule has 1 aromatic heterocycles. The Morgan fingerprint density at radius 1 is 1.20 bits per heavy atom. The molecular weight excluding hydrogens is 545 g/mol. The maximum atomic E-state index is 14.5. The van der Waals surface area contributed by atoms with Crippen LogP contribution in [0.5, 0.6) is 0 Å². The summed E-state index contributed by atoms with van der Waals surface area (Å²) < 4.78 is 14.5. The van der Waals surface area contributed by atoms with Gasteiger partial charge in [0.1, 0.15) is 12.1 Å². The Bertz CT molecular complexity index is 1240. The molecule has 9 nitrogen and oxygen atoms in total. The first-order valence-electron chi connectivity index (χ1n) is 14.3. The summed E-state index contributed by atoms with van der Waals surface area (Å²) in [6, 6.07) is 5.64. The van der Waals surface area contributed by atoms with Gasteiger partial charge in [0, 0.05) is 19.5 Å². The number of amides is 3. The number of β-amino-alcohol motifs (C(OH)–C–C–N with tert-alkyl or cyclic N) is 1. The molecule has 11 heteroatoms. The molecule has 0 spiro atoms. The molecule has 1 saturated heterocycles. The van der Waals surface area contributed by atoms with Crippen LogP contribution in [0.25, 0.3) is 10.4 Å². The fourth-order valence-electron chi connectivity index (χ4n) is 5.11. The summed E-state index contributed by atoms with van der Waals surface area (Å²) in [6.45, 7) is 10.6. The largest absolute Gasteiger partial charge is 0.391 e. The summed E-state index contributed by atoms with van der Waals surface area (Å²) >= 11 is 1.58. The van der Waals surface area contributed by atoms with Gasteiger partial charge in [0.2, 0.25) is 11.8 Å². The highest BCUT2D eigenvalue weighted by Crippen LogP contribution is 2.40. The van der Waals surface area contributed by atoms with Crippen molar-refractivity contribution < 1.29 is 23.9 Å². The number of thiazole rings is 1. The zero-order valence-corrected chi connectivity index (χ0v) is 25.3. The first kappa shape index (κ1) is 31.1. The number of likely N-dealkylation sites (tertiary alicyclic amines) is 1. The van der Waals surface area contributed by atoms with E-state index >= 15 is 0 Å². The second kappa shape index (κ2) is 12.5. The number of aryl methyl sites for hydroxylation is 1. The van der Waals surface area contributed by atoms with Crippen molar-refractivity contribution in [1.29, 1.82) is 0 Å². The van der Waals surface area contributed by atoms with E-state index in [1.165, 1.54) is 4.90 Å². The highest BCUT2D eigenvalue weighted by Gasteiger charge is 2.53. The van der Waals surface area contributed by atoms with Crippen molar-refractivity contribution in [3.8, 4) is 10.4 Å². The minimum atomic E-state index is -1.93. The van der Waals surface area contributed by atoms with Gasteiger partial charge in [-0.2, -0.15) is 0 Å². The summed E-state index contributed by atoms with van der Waals surface area (Å²) in [5.74, 6) is -1.69. The molecule has 4 atom stereocenters. The number of aliphatic hydroxyl groups excluding tert-OH is 1. The number of halogens is 1. The molecule has 1 saturated carbocycles. The summed E-state index contributed by atoms with van der Waals surface area (Å²) in [5.41, 5.74) is 2.06. The van der Waals surface area contributed by atoms with Gasteiger partial charge in [0.05, 0.1) is 28.2 Å². The van der Waals surface area contributed by atoms with E-state index in [2.05, 4.69) is 27.9 Å². The molecule has 2 fully saturated rings. The number of alkyl halides is 1. The monoisotopic (exact) mass is 587 g/mol. The number of benzene rings is 1. The third-order valence-electron chi connectivity index (χ3n) is 7.76. The first-order chi connectivity index (χ1) is 19.3. The number of rotatable bonds is 11. The van der Waals surface area contributed by atoms with Gasteiger partial charge in [-0.25, -0.2) is 9.37 Å². The number of nitrogens with one attached hydrogen (secondary N) is 3. The van der Waals surface area contributed by atoms with Gasteiger partial charge < -0.3 is 26.0 Å². The minimum Gasteiger partial charge on any atom is -0.391 e. The summed E-state index contributed by atoms with van der Waals surface area (Å²) in [6.07, 6.45) is 0.390. The van der Waals surface area contributed by atoms with Crippen LogP contribution < -0.4 is 16.0 Å². The van der Waals surface area contributed by atoms with Gasteiger partial charge >= 0.3 is 0 Å². The van der Waals surface area contributed by atoms with Crippen LogP contribution >= 0.6 is 11.3 Å². The predicted octanol–water partition coefficient (Wildman–Crippen LogP) is 3.27. The van der Waals surface area contributed by atoms with E-state index in [-0.39, 0.29) is 37.8 Å². The third-order valence-corrected chi connectivity index (χ3v) is 8.74. The molecule has 1 aliphatic carbocycles. The molecule has 3 amide bonds. The van der Waals surface area contributed by atoms with E-state index < -0.39 is 41.1 Å². The molecule has 2 aliphatic rings. The molecule has 0 bridgehead atoms. The van der Waals surface area contributed by atoms with Gasteiger partial charge in [-0.15, -0.1) is 11.3 Å². The molecule has 4 N–H and O–H groups in total. The number of aromatic nitrogens is 1. The average Bonchev–Trinajstić information content (AvgIpc) is 3.33. The lowest BCUT2D eigenvalue weighted by molar-refractivity contribution is -0.145. The van der Waals surface area contributed by atoms with E-state index in [0.717, 1.165) is 34.7 Å². The van der Waals surface area contributed by atoms with Gasteiger partial charge in [0.15, 0.2) is 5.67 Å². The number of carbonyl (C=O) groups is 3. The van der Waals surface area contributed by atoms with Crippen molar-refractivity contribution in [2.24, 2.45) is 5.41 Å². The van der Waals surface area contributed by atoms with Gasteiger partial charge in [-0.1, -0.05) is 52.0 Å². The topological polar surface area (TPSA) is 124 Å². The van der Waals surface area contributed by atoms with E-state index in [1.54, 1.807) is 32.1 Å². The molecule has 4 rings (SSSR count). The Morgan fingerprint density at radius 3 is 2.44 bits per heavy atom. The van der Waals surface area contributed by atoms with Crippen LogP contribution in [0.4, 0.5) is 4.39 Å². The highest BCUT2D eigenvalue weighted by molar-refractivity contribution is 7.13. The SMILES string of the molecule is CCCNC[C@H](NC(=O)[C@@H]1C[C@@H](O)CN1C(=O)[C@@H](NC(=O)C1(F)CC1)C(C)(C)C)c1ccc(-c2scnc2C)cc1. The summed E-state index contributed by atoms with van der Waals surface area (Å²) in [7, 11) is 0. The van der Waals surface area contributed by atoms with E-state index in [9.17, 15) is 23.9 Å². The number of nitrogens with zero attached hydrogens (tertiary/aromatic N) is 2. The van der Waals surface area contributed by atoms with E-state index in [0.29, 0.717) is 6.54 Å². The maximum Gasteiger partial charge on any atom is 0.258 e. The summed E-state index contributed by atoms with van der Waals surface area (Å²) in [4.78, 5) is 46.7. The second-order valence-electron chi connectivity index (χ2n) is 12.3. The highest BCUT2D eigenvalue weighted by atomic mass is 32.1. The third kappa shape index (κ3) is 7.31. The van der Waals surface area contributed by atoms with Gasteiger partial charge in [0.25, 0.3) is 5.91 Å². The standard InChI is InChI=1S/C30H42FN5O4S/c1-6-13-32-15-22(19-7-9-20(10-8-19)24-18(2)33-17-41-24)34-26(38)23-14-21(37)16-36(23)27(39)25(29(3,4)5)35-28(40)30(31)11-12-30/h7-10,17,21-23,25,32,37H,6,11-16H2,1-5H3,(H,34,38)(H,35,40)/t21-,22+,23+,25-/m1/s1. The van der Waals surface area contributed by atoms with Crippen molar-refractivity contribution in [3.05, 3.63) is 41.0 Å². The van der Waals surface area contributed by atoms with Crippen molar-refractivity contribution in [2.75, 3.05) is 19.6 Å². The van der Waals surface area contributed by atoms with Gasteiger partial charge in [-0.3, -0.25) is 14.4 Å². The van der Waals surface area contributed by atoms with Crippen LogP contribution in [-0.4, -0.2) is 76.2 Å². The normalized spacial score (nSPS) is 21.3. The van der Waals surface area contributed by atoms with Crippen LogP contribution in [0.1, 0.15) is 70.7 Å². The Balaban J connectivity index is 1.52. The van der Waals surface area contributed by atoms with Crippen LogP contribution in [0.15, 0.2) is 29.8 Å². The molecule has 0 unspecified atom stereocenters. The van der Waals surface area contributed by atoms with Crippen LogP contribution in [0.2, 0.25) is 0 Å². The zero-order chi connectivity index (χ0) is 29.9. The maximum absolute atomic E-state index is 14.5. The number of hydrogen-bond donors (Lipinski definition) is 4. The van der Waals surface area contributed by atoms with Gasteiger partial charge in [-0.05, 0) is 49.3 Å². The molecule has 2 heterocycles. The molecule has 1 aromatic carbocycles. The van der Waals surface area contributed by atoms with E-state index in [1.807, 2.05) is 36.7 Å². The number of aliphatic hydroxyl groups is 1. The lowest BCUT2D eigenvalue weighted by Gasteiger charge is -2.36. The fourth-order valence-corrected chi connectivity index (χ4v) is 5.92. The quantitative estimate of drug-likeness (QED) is 0.299. The first-order valence-corrected chi connectivity index (χ1v) is 15.2. The van der Waals surface area contributed by atoms with Crippen LogP contribution in [0.3, 0.4) is 0 Å². The molecule has 224 valence electrons. The average molecular weight is 588 g/mol. The lowest BCUT2D eigenvalue weighted by atomic mass is 9.85. The molecule has 41 heavy (non-hydrogen) atoms. The summed E-state index contributed by atoms with van der Waals surface area (Å²) in [5, 5.41) is 19.6. The number of hydrogen-bond acceptors (Lipinski definition) is 7. The van der Waals surface area contributed by atoms with Crippen LogP contribution in [-0.2, 0) is 14.4 Å². The van der Waals surface area contributed by atoms with Crippen molar-refractivity contribution >= 4 is 29.1 Å². The Morgan fingerprint density at radius 2 is 1.88 bits per heavy atom. The smallest absolute Gasteiger partial charge is 0.258 e. The zero-order valence-electron chi connectivity index (χ0n) is 24.5. The Hall–Kier alpha value is -2.89. The Labute approximate surface area is 245 Å². The molecule has 2 aromatic rings. The van der Waals surface area contributed by atoms with Crippen molar-refractivity contribution in [1.82, 2.24) is 25.8 Å². The Kier molecular flexibility index (Phi) is 9.50. The fraction of sp³-hybridized carbons (Fsp3) is 0.600.